The number of amides is 1. The number of thiazole rings is 1. The normalized spacial score (nSPS) is 12.5. The van der Waals surface area contributed by atoms with Gasteiger partial charge in [-0.05, 0) is 6.92 Å². The van der Waals surface area contributed by atoms with E-state index in [-0.39, 0.29) is 5.91 Å². The fraction of sp³-hybridized carbons (Fsp3) is 0.429. The number of hydrogen-bond donors (Lipinski definition) is 1. The zero-order valence-electron chi connectivity index (χ0n) is 6.88. The van der Waals surface area contributed by atoms with Crippen LogP contribution in [0.3, 0.4) is 0 Å². The summed E-state index contributed by atoms with van der Waals surface area (Å²) in [5.41, 5.74) is 0. The Labute approximate surface area is 90.1 Å². The summed E-state index contributed by atoms with van der Waals surface area (Å²) >= 11 is 12.7. The number of nitrogens with zero attached hydrogens (tertiary/aromatic N) is 1. The zero-order valence-corrected chi connectivity index (χ0v) is 9.21. The molecule has 0 aliphatic heterocycles. The van der Waals surface area contributed by atoms with Crippen molar-refractivity contribution in [2.24, 2.45) is 0 Å². The van der Waals surface area contributed by atoms with Crippen LogP contribution in [0.25, 0.3) is 0 Å². The molecule has 0 saturated carbocycles. The molecule has 0 aliphatic rings. The first kappa shape index (κ1) is 10.8. The van der Waals surface area contributed by atoms with E-state index in [1.54, 1.807) is 0 Å². The van der Waals surface area contributed by atoms with Crippen molar-refractivity contribution in [3.8, 4) is 0 Å². The van der Waals surface area contributed by atoms with Gasteiger partial charge >= 0.3 is 0 Å². The number of likely N-dealkylation sites (N-methyl/N-ethyl adjacent to an activating group) is 1. The molecule has 1 atom stereocenters. The molecule has 0 saturated heterocycles. The summed E-state index contributed by atoms with van der Waals surface area (Å²) < 4.78 is 0.532. The number of hydrogen-bond acceptors (Lipinski definition) is 3. The third-order valence-electron chi connectivity index (χ3n) is 1.29. The Morgan fingerprint density at radius 2 is 2.54 bits per heavy atom. The molecule has 1 aromatic heterocycles. The van der Waals surface area contributed by atoms with Crippen molar-refractivity contribution in [2.75, 3.05) is 6.54 Å². The van der Waals surface area contributed by atoms with Crippen LogP contribution in [0.5, 0.6) is 0 Å². The fourth-order valence-corrected chi connectivity index (χ4v) is 1.93. The molecule has 0 aliphatic carbocycles. The Morgan fingerprint density at radius 3 is 3.00 bits per heavy atom. The summed E-state index contributed by atoms with van der Waals surface area (Å²) in [6, 6.07) is 0. The molecule has 0 radical (unpaired) electrons. The third kappa shape index (κ3) is 2.83. The van der Waals surface area contributed by atoms with Crippen LogP contribution < -0.4 is 5.32 Å². The number of alkyl halides is 1. The molecule has 3 nitrogen and oxygen atoms in total. The number of rotatable bonds is 3. The first-order valence-electron chi connectivity index (χ1n) is 3.68. The molecule has 1 amide bonds. The van der Waals surface area contributed by atoms with Crippen LogP contribution in [-0.2, 0) is 4.79 Å². The van der Waals surface area contributed by atoms with Crippen LogP contribution in [0.15, 0.2) is 6.20 Å². The van der Waals surface area contributed by atoms with Gasteiger partial charge in [-0.25, -0.2) is 4.98 Å². The van der Waals surface area contributed by atoms with Gasteiger partial charge in [-0.2, -0.15) is 0 Å². The van der Waals surface area contributed by atoms with Crippen LogP contribution in [0.1, 0.15) is 17.3 Å². The molecule has 1 unspecified atom stereocenters. The van der Waals surface area contributed by atoms with E-state index in [2.05, 4.69) is 10.3 Å². The number of nitrogens with one attached hydrogen (secondary N) is 1. The van der Waals surface area contributed by atoms with Gasteiger partial charge in [0.2, 0.25) is 5.91 Å². The molecule has 1 heterocycles. The maximum absolute atomic E-state index is 11.2. The Morgan fingerprint density at radius 1 is 1.85 bits per heavy atom. The minimum absolute atomic E-state index is 0.241. The van der Waals surface area contributed by atoms with E-state index in [9.17, 15) is 4.79 Å². The molecule has 1 rings (SSSR count). The lowest BCUT2D eigenvalue weighted by Gasteiger charge is -2.04. The van der Waals surface area contributed by atoms with Crippen molar-refractivity contribution < 1.29 is 4.79 Å². The summed E-state index contributed by atoms with van der Waals surface area (Å²) in [6.45, 7) is 2.39. The van der Waals surface area contributed by atoms with E-state index in [0.717, 1.165) is 0 Å². The molecule has 0 aromatic carbocycles. The van der Waals surface area contributed by atoms with Gasteiger partial charge in [0.25, 0.3) is 0 Å². The van der Waals surface area contributed by atoms with E-state index in [1.807, 2.05) is 6.92 Å². The standard InChI is InChI=1S/C7H8Cl2N2OS/c1-2-10-6(12)5(9)7-11-3-4(8)13-7/h3,5H,2H2,1H3,(H,10,12). The maximum atomic E-state index is 11.2. The average Bonchev–Trinajstić information content (AvgIpc) is 2.51. The van der Waals surface area contributed by atoms with Crippen molar-refractivity contribution in [2.45, 2.75) is 12.3 Å². The van der Waals surface area contributed by atoms with E-state index < -0.39 is 5.38 Å². The Hall–Kier alpha value is -0.320. The van der Waals surface area contributed by atoms with Crippen molar-refractivity contribution in [1.29, 1.82) is 0 Å². The maximum Gasteiger partial charge on any atom is 0.245 e. The van der Waals surface area contributed by atoms with Crippen LogP contribution in [0.4, 0.5) is 0 Å². The molecule has 0 spiro atoms. The quantitative estimate of drug-likeness (QED) is 0.821. The highest BCUT2D eigenvalue weighted by Crippen LogP contribution is 2.27. The van der Waals surface area contributed by atoms with Gasteiger partial charge in [-0.15, -0.1) is 22.9 Å². The van der Waals surface area contributed by atoms with Crippen molar-refractivity contribution in [3.05, 3.63) is 15.5 Å². The second-order valence-electron chi connectivity index (χ2n) is 2.26. The van der Waals surface area contributed by atoms with Gasteiger partial charge in [-0.3, -0.25) is 4.79 Å². The number of halogens is 2. The molecule has 1 aromatic rings. The lowest BCUT2D eigenvalue weighted by atomic mass is 10.4. The summed E-state index contributed by atoms with van der Waals surface area (Å²) in [7, 11) is 0. The predicted molar refractivity (Wildman–Crippen MR) is 54.4 cm³/mol. The molecule has 13 heavy (non-hydrogen) atoms. The van der Waals surface area contributed by atoms with Crippen LogP contribution in [0.2, 0.25) is 4.34 Å². The monoisotopic (exact) mass is 238 g/mol. The summed E-state index contributed by atoms with van der Waals surface area (Å²) in [4.78, 5) is 15.1. The number of carbonyl (C=O) groups is 1. The Balaban J connectivity index is 2.67. The average molecular weight is 239 g/mol. The first-order valence-corrected chi connectivity index (χ1v) is 5.31. The van der Waals surface area contributed by atoms with E-state index in [1.165, 1.54) is 17.5 Å². The second-order valence-corrected chi connectivity index (χ2v) is 4.39. The SMILES string of the molecule is CCNC(=O)C(Cl)c1ncc(Cl)s1. The van der Waals surface area contributed by atoms with Gasteiger partial charge in [0.05, 0.1) is 6.20 Å². The molecule has 6 heteroatoms. The number of carbonyl (C=O) groups excluding carboxylic acids is 1. The Bertz CT molecular complexity index is 302. The summed E-state index contributed by atoms with van der Waals surface area (Å²) in [5, 5.41) is 2.39. The largest absolute Gasteiger partial charge is 0.355 e. The van der Waals surface area contributed by atoms with Crippen molar-refractivity contribution >= 4 is 40.4 Å². The van der Waals surface area contributed by atoms with Crippen LogP contribution in [-0.4, -0.2) is 17.4 Å². The van der Waals surface area contributed by atoms with Crippen LogP contribution in [0, 0.1) is 0 Å². The first-order chi connectivity index (χ1) is 6.15. The smallest absolute Gasteiger partial charge is 0.245 e. The minimum Gasteiger partial charge on any atom is -0.355 e. The lowest BCUT2D eigenvalue weighted by molar-refractivity contribution is -0.120. The third-order valence-corrected chi connectivity index (χ3v) is 3.01. The highest BCUT2D eigenvalue weighted by molar-refractivity contribution is 7.16. The van der Waals surface area contributed by atoms with Crippen molar-refractivity contribution in [3.63, 3.8) is 0 Å². The fourth-order valence-electron chi connectivity index (χ4n) is 0.760. The molecular formula is C7H8Cl2N2OS. The summed E-state index contributed by atoms with van der Waals surface area (Å²) in [5.74, 6) is -0.241. The molecule has 1 N–H and O–H groups in total. The van der Waals surface area contributed by atoms with Crippen molar-refractivity contribution in [1.82, 2.24) is 10.3 Å². The second kappa shape index (κ2) is 4.79. The van der Waals surface area contributed by atoms with Gasteiger partial charge in [0.1, 0.15) is 9.34 Å². The lowest BCUT2D eigenvalue weighted by Crippen LogP contribution is -2.26. The van der Waals surface area contributed by atoms with Gasteiger partial charge in [0.15, 0.2) is 5.38 Å². The topological polar surface area (TPSA) is 42.0 Å². The zero-order chi connectivity index (χ0) is 9.84. The minimum atomic E-state index is -0.738. The highest BCUT2D eigenvalue weighted by Gasteiger charge is 2.19. The molecular weight excluding hydrogens is 231 g/mol. The van der Waals surface area contributed by atoms with Gasteiger partial charge in [-0.1, -0.05) is 11.6 Å². The summed E-state index contributed by atoms with van der Waals surface area (Å²) in [6.07, 6.45) is 1.48. The van der Waals surface area contributed by atoms with E-state index in [0.29, 0.717) is 15.9 Å². The molecule has 0 fully saturated rings. The Kier molecular flexibility index (Phi) is 3.96. The van der Waals surface area contributed by atoms with E-state index in [4.69, 9.17) is 23.2 Å². The van der Waals surface area contributed by atoms with Crippen LogP contribution >= 0.6 is 34.5 Å². The van der Waals surface area contributed by atoms with Gasteiger partial charge < -0.3 is 5.32 Å². The molecule has 72 valence electrons. The molecule has 0 bridgehead atoms. The van der Waals surface area contributed by atoms with E-state index >= 15 is 0 Å². The predicted octanol–water partition coefficient (Wildman–Crippen LogP) is 2.21. The van der Waals surface area contributed by atoms with Gasteiger partial charge in [0, 0.05) is 6.54 Å². The number of aromatic nitrogens is 1. The highest BCUT2D eigenvalue weighted by atomic mass is 35.5.